The van der Waals surface area contributed by atoms with E-state index >= 15 is 4.57 Å². The van der Waals surface area contributed by atoms with Gasteiger partial charge in [0.15, 0.2) is 7.14 Å². The average molecular weight is 483 g/mol. The summed E-state index contributed by atoms with van der Waals surface area (Å²) < 4.78 is 17.5. The summed E-state index contributed by atoms with van der Waals surface area (Å²) in [5.74, 6) is 0. The molecule has 7 rings (SSSR count). The Kier molecular flexibility index (Phi) is 4.80. The molecule has 0 spiro atoms. The zero-order chi connectivity index (χ0) is 24.1. The third-order valence-electron chi connectivity index (χ3n) is 7.14. The second-order valence-corrected chi connectivity index (χ2v) is 12.0. The number of fused-ring (bicyclic) bond motifs is 4. The molecule has 1 aliphatic rings. The third-order valence-corrected chi connectivity index (χ3v) is 10.2. The second kappa shape index (κ2) is 8.19. The minimum atomic E-state index is -3.12. The zero-order valence-corrected chi connectivity index (χ0v) is 20.5. The van der Waals surface area contributed by atoms with Crippen molar-refractivity contribution in [2.45, 2.75) is 6.54 Å². The van der Waals surface area contributed by atoms with Crippen molar-refractivity contribution < 1.29 is 4.57 Å². The molecule has 0 radical (unpaired) electrons. The van der Waals surface area contributed by atoms with Gasteiger partial charge in [0, 0.05) is 38.6 Å². The van der Waals surface area contributed by atoms with Gasteiger partial charge in [0.1, 0.15) is 0 Å². The van der Waals surface area contributed by atoms with E-state index in [1.54, 1.807) is 0 Å². The van der Waals surface area contributed by atoms with Crippen LogP contribution in [0, 0.1) is 0 Å². The Balaban J connectivity index is 1.51. The number of hydrogen-bond donors (Lipinski definition) is 0. The van der Waals surface area contributed by atoms with Crippen LogP contribution in [0.25, 0.3) is 27.5 Å². The van der Waals surface area contributed by atoms with Crippen molar-refractivity contribution in [1.82, 2.24) is 4.57 Å². The summed E-state index contributed by atoms with van der Waals surface area (Å²) in [5, 5.41) is 4.79. The Bertz CT molecular complexity index is 1840. The van der Waals surface area contributed by atoms with Crippen molar-refractivity contribution in [2.75, 3.05) is 0 Å². The first-order valence-corrected chi connectivity index (χ1v) is 13.8. The Labute approximate surface area is 209 Å². The summed E-state index contributed by atoms with van der Waals surface area (Å²) in [6.45, 7) is 0.640. The molecule has 1 aromatic heterocycles. The van der Waals surface area contributed by atoms with E-state index in [2.05, 4.69) is 88.4 Å². The highest BCUT2D eigenvalue weighted by Crippen LogP contribution is 2.44. The minimum Gasteiger partial charge on any atom is -0.309 e. The number of benzene rings is 5. The molecule has 0 amide bonds. The minimum absolute atomic E-state index is 0.640. The van der Waals surface area contributed by atoms with Crippen LogP contribution >= 0.6 is 7.14 Å². The Morgan fingerprint density at radius 2 is 1.28 bits per heavy atom. The van der Waals surface area contributed by atoms with Crippen molar-refractivity contribution in [3.63, 3.8) is 0 Å². The molecule has 0 saturated heterocycles. The van der Waals surface area contributed by atoms with E-state index in [0.717, 1.165) is 54.5 Å². The van der Waals surface area contributed by atoms with Crippen molar-refractivity contribution in [1.29, 1.82) is 0 Å². The summed E-state index contributed by atoms with van der Waals surface area (Å²) in [4.78, 5) is 4.41. The maximum absolute atomic E-state index is 15.2. The molecule has 0 fully saturated rings. The van der Waals surface area contributed by atoms with E-state index in [0.29, 0.717) is 6.54 Å². The van der Waals surface area contributed by atoms with Gasteiger partial charge in [-0.2, -0.15) is 0 Å². The highest BCUT2D eigenvalue weighted by Gasteiger charge is 2.31. The van der Waals surface area contributed by atoms with Crippen molar-refractivity contribution in [2.24, 2.45) is 4.99 Å². The quantitative estimate of drug-likeness (QED) is 0.270. The van der Waals surface area contributed by atoms with E-state index in [1.165, 1.54) is 0 Å². The van der Waals surface area contributed by atoms with Crippen LogP contribution in [0.2, 0.25) is 0 Å². The van der Waals surface area contributed by atoms with Crippen molar-refractivity contribution in [3.05, 3.63) is 132 Å². The van der Waals surface area contributed by atoms with Crippen LogP contribution in [0.4, 0.5) is 0 Å². The summed E-state index contributed by atoms with van der Waals surface area (Å²) >= 11 is 0. The molecule has 1 unspecified atom stereocenters. The smallest absolute Gasteiger partial charge is 0.171 e. The first-order valence-electron chi connectivity index (χ1n) is 12.1. The predicted molar refractivity (Wildman–Crippen MR) is 151 cm³/mol. The summed E-state index contributed by atoms with van der Waals surface area (Å²) in [6, 6.07) is 41.2. The van der Waals surface area contributed by atoms with Crippen molar-refractivity contribution in [3.8, 4) is 5.69 Å². The van der Waals surface area contributed by atoms with E-state index in [-0.39, 0.29) is 0 Å². The van der Waals surface area contributed by atoms with Crippen LogP contribution in [0.3, 0.4) is 0 Å². The maximum atomic E-state index is 15.2. The standard InChI is InChI=1S/C32H23N2OP/c35-36(26-11-5-2-6-12-26,27-16-15-23-21-33-22-24(23)19-27)28-17-18-32-30(20-28)29-13-7-8-14-31(29)34(32)25-9-3-1-4-10-25/h1-21H,22H2. The van der Waals surface area contributed by atoms with Gasteiger partial charge in [-0.15, -0.1) is 0 Å². The predicted octanol–water partition coefficient (Wildman–Crippen LogP) is 6.36. The number of para-hydroxylation sites is 2. The number of rotatable bonds is 4. The van der Waals surface area contributed by atoms with E-state index in [9.17, 15) is 0 Å². The molecular formula is C32H23N2OP. The fourth-order valence-corrected chi connectivity index (χ4v) is 8.09. The van der Waals surface area contributed by atoms with Gasteiger partial charge in [0.2, 0.25) is 0 Å². The number of aliphatic imine (C=N–C) groups is 1. The monoisotopic (exact) mass is 482 g/mol. The third kappa shape index (κ3) is 3.13. The van der Waals surface area contributed by atoms with E-state index in [1.807, 2.05) is 48.7 Å². The Hall–Kier alpha value is -4.20. The lowest BCUT2D eigenvalue weighted by Gasteiger charge is -2.21. The van der Waals surface area contributed by atoms with Gasteiger partial charge < -0.3 is 9.13 Å². The number of nitrogens with zero attached hydrogens (tertiary/aromatic N) is 2. The number of aromatic nitrogens is 1. The maximum Gasteiger partial charge on any atom is 0.171 e. The van der Waals surface area contributed by atoms with E-state index < -0.39 is 7.14 Å². The molecule has 0 N–H and O–H groups in total. The molecule has 6 aromatic rings. The van der Waals surface area contributed by atoms with Crippen LogP contribution in [-0.4, -0.2) is 10.8 Å². The number of hydrogen-bond acceptors (Lipinski definition) is 2. The van der Waals surface area contributed by atoms with Gasteiger partial charge in [-0.25, -0.2) is 0 Å². The van der Waals surface area contributed by atoms with Crippen LogP contribution in [0.1, 0.15) is 11.1 Å². The fraction of sp³-hybridized carbons (Fsp3) is 0.0312. The first-order chi connectivity index (χ1) is 17.7. The van der Waals surface area contributed by atoms with Gasteiger partial charge >= 0.3 is 0 Å². The van der Waals surface area contributed by atoms with Crippen molar-refractivity contribution >= 4 is 51.1 Å². The SMILES string of the molecule is O=P(c1ccccc1)(c1ccc2c(c1)CN=C2)c1ccc2c(c1)c1ccccc1n2-c1ccccc1. The lowest BCUT2D eigenvalue weighted by atomic mass is 10.1. The average Bonchev–Trinajstić information content (AvgIpc) is 3.55. The molecule has 1 aliphatic heterocycles. The molecule has 0 bridgehead atoms. The second-order valence-electron chi connectivity index (χ2n) is 9.19. The Morgan fingerprint density at radius 3 is 2.11 bits per heavy atom. The summed E-state index contributed by atoms with van der Waals surface area (Å²) in [7, 11) is -3.12. The molecule has 4 heteroatoms. The molecule has 2 heterocycles. The van der Waals surface area contributed by atoms with Gasteiger partial charge in [-0.3, -0.25) is 4.99 Å². The van der Waals surface area contributed by atoms with Gasteiger partial charge in [0.05, 0.1) is 17.6 Å². The Morgan fingerprint density at radius 1 is 0.611 bits per heavy atom. The van der Waals surface area contributed by atoms with Crippen LogP contribution < -0.4 is 15.9 Å². The molecule has 36 heavy (non-hydrogen) atoms. The zero-order valence-electron chi connectivity index (χ0n) is 19.6. The van der Waals surface area contributed by atoms with Crippen LogP contribution in [-0.2, 0) is 11.1 Å². The fourth-order valence-electron chi connectivity index (χ4n) is 5.39. The largest absolute Gasteiger partial charge is 0.309 e. The highest BCUT2D eigenvalue weighted by atomic mass is 31.2. The van der Waals surface area contributed by atoms with Crippen LogP contribution in [0.5, 0.6) is 0 Å². The lowest BCUT2D eigenvalue weighted by molar-refractivity contribution is 0.592. The highest BCUT2D eigenvalue weighted by molar-refractivity contribution is 7.85. The molecule has 5 aromatic carbocycles. The molecule has 3 nitrogen and oxygen atoms in total. The molecule has 0 aliphatic carbocycles. The molecule has 172 valence electrons. The lowest BCUT2D eigenvalue weighted by Crippen LogP contribution is -2.25. The van der Waals surface area contributed by atoms with Gasteiger partial charge in [-0.05, 0) is 53.6 Å². The first kappa shape index (κ1) is 21.1. The normalized spacial score (nSPS) is 14.2. The van der Waals surface area contributed by atoms with E-state index in [4.69, 9.17) is 0 Å². The topological polar surface area (TPSA) is 34.4 Å². The summed E-state index contributed by atoms with van der Waals surface area (Å²) in [5.41, 5.74) is 5.60. The van der Waals surface area contributed by atoms with Gasteiger partial charge in [0.25, 0.3) is 0 Å². The van der Waals surface area contributed by atoms with Gasteiger partial charge in [-0.1, -0.05) is 78.9 Å². The summed E-state index contributed by atoms with van der Waals surface area (Å²) in [6.07, 6.45) is 1.90. The molecule has 0 saturated carbocycles. The molecular weight excluding hydrogens is 459 g/mol. The molecule has 1 atom stereocenters. The van der Waals surface area contributed by atoms with Crippen LogP contribution in [0.15, 0.2) is 126 Å².